The maximum atomic E-state index is 12.4. The van der Waals surface area contributed by atoms with Crippen molar-refractivity contribution in [1.82, 2.24) is 10.2 Å². The Kier molecular flexibility index (Phi) is 7.01. The van der Waals surface area contributed by atoms with Gasteiger partial charge < -0.3 is 20.1 Å². The molecule has 0 bridgehead atoms. The molecule has 1 aromatic rings. The minimum absolute atomic E-state index is 0.0904. The van der Waals surface area contributed by atoms with Crippen molar-refractivity contribution in [3.8, 4) is 0 Å². The zero-order valence-electron chi connectivity index (χ0n) is 15.5. The first-order chi connectivity index (χ1) is 13.2. The molecule has 0 saturated carbocycles. The Balaban J connectivity index is 1.52. The number of rotatable bonds is 6. The van der Waals surface area contributed by atoms with Crippen LogP contribution in [0.3, 0.4) is 0 Å². The number of hydrogen-bond donors (Lipinski definition) is 2. The molecule has 3 atom stereocenters. The highest BCUT2D eigenvalue weighted by Crippen LogP contribution is 2.18. The van der Waals surface area contributed by atoms with Crippen LogP contribution >= 0.6 is 0 Å². The van der Waals surface area contributed by atoms with E-state index in [9.17, 15) is 14.7 Å². The van der Waals surface area contributed by atoms with E-state index in [0.717, 1.165) is 31.5 Å². The molecule has 1 aromatic carbocycles. The van der Waals surface area contributed by atoms with Crippen LogP contribution in [0.25, 0.3) is 0 Å². The van der Waals surface area contributed by atoms with Gasteiger partial charge in [0.2, 0.25) is 11.8 Å². The molecule has 2 heterocycles. The van der Waals surface area contributed by atoms with E-state index in [-0.39, 0.29) is 37.4 Å². The Morgan fingerprint density at radius 2 is 1.85 bits per heavy atom. The average molecular weight is 372 g/mol. The minimum Gasteiger partial charge on any atom is -0.394 e. The van der Waals surface area contributed by atoms with Gasteiger partial charge in [-0.25, -0.2) is 0 Å². The summed E-state index contributed by atoms with van der Waals surface area (Å²) in [5.41, 5.74) is 0.932. The van der Waals surface area contributed by atoms with Crippen LogP contribution in [0.1, 0.15) is 31.2 Å². The Hall–Kier alpha value is -2.18. The van der Waals surface area contributed by atoms with E-state index in [1.54, 1.807) is 0 Å². The number of likely N-dealkylation sites (tertiary alicyclic amines) is 1. The number of carbonyl (C=O) groups excluding carboxylic acids is 2. The fraction of sp³-hybridized carbons (Fsp3) is 0.524. The molecule has 6 heteroatoms. The van der Waals surface area contributed by atoms with Gasteiger partial charge in [-0.3, -0.25) is 9.59 Å². The molecule has 0 unspecified atom stereocenters. The van der Waals surface area contributed by atoms with Gasteiger partial charge in [0.25, 0.3) is 0 Å². The number of piperidine rings is 1. The van der Waals surface area contributed by atoms with Crippen molar-refractivity contribution in [3.05, 3.63) is 48.0 Å². The summed E-state index contributed by atoms with van der Waals surface area (Å²) in [4.78, 5) is 26.6. The van der Waals surface area contributed by atoms with E-state index in [0.29, 0.717) is 0 Å². The van der Waals surface area contributed by atoms with Crippen molar-refractivity contribution in [3.63, 3.8) is 0 Å². The number of nitrogens with one attached hydrogen (secondary N) is 1. The van der Waals surface area contributed by atoms with Gasteiger partial charge in [0.05, 0.1) is 31.6 Å². The molecule has 2 aliphatic heterocycles. The molecule has 2 N–H and O–H groups in total. The van der Waals surface area contributed by atoms with Crippen LogP contribution in [0.15, 0.2) is 42.5 Å². The first-order valence-corrected chi connectivity index (χ1v) is 9.71. The summed E-state index contributed by atoms with van der Waals surface area (Å²) in [5, 5.41) is 12.6. The second kappa shape index (κ2) is 9.67. The first-order valence-electron chi connectivity index (χ1n) is 9.71. The quantitative estimate of drug-likeness (QED) is 0.741. The normalized spacial score (nSPS) is 25.2. The lowest BCUT2D eigenvalue weighted by Gasteiger charge is -2.33. The van der Waals surface area contributed by atoms with Crippen molar-refractivity contribution >= 4 is 11.8 Å². The van der Waals surface area contributed by atoms with Crippen LogP contribution in [0.4, 0.5) is 0 Å². The van der Waals surface area contributed by atoms with Gasteiger partial charge in [0.15, 0.2) is 0 Å². The summed E-state index contributed by atoms with van der Waals surface area (Å²) in [7, 11) is 0. The van der Waals surface area contributed by atoms with E-state index in [1.165, 1.54) is 6.42 Å². The van der Waals surface area contributed by atoms with E-state index in [2.05, 4.69) is 5.32 Å². The number of aliphatic hydroxyl groups is 1. The number of carbonyl (C=O) groups is 2. The van der Waals surface area contributed by atoms with Crippen molar-refractivity contribution in [2.45, 2.75) is 50.4 Å². The Labute approximate surface area is 160 Å². The monoisotopic (exact) mass is 372 g/mol. The standard InChI is InChI=1S/C21H28N2O4/c24-15-19-18(22-20(25)13-16-7-3-1-4-8-16)10-9-17(27-19)14-21(26)23-11-5-2-6-12-23/h1,3-4,7-10,17-19,24H,2,5-6,11-15H2,(H,22,25)/t17-,18+,19+/m0/s1. The second-order valence-corrected chi connectivity index (χ2v) is 7.18. The number of aliphatic hydroxyl groups excluding tert-OH is 1. The van der Waals surface area contributed by atoms with Crippen molar-refractivity contribution in [1.29, 1.82) is 0 Å². The molecular weight excluding hydrogens is 344 g/mol. The molecule has 2 aliphatic rings. The smallest absolute Gasteiger partial charge is 0.225 e. The Bertz CT molecular complexity index is 655. The summed E-state index contributed by atoms with van der Waals surface area (Å²) in [6.45, 7) is 1.42. The summed E-state index contributed by atoms with van der Waals surface area (Å²) < 4.78 is 5.86. The molecule has 1 saturated heterocycles. The lowest BCUT2D eigenvalue weighted by molar-refractivity contribution is -0.137. The molecular formula is C21H28N2O4. The largest absolute Gasteiger partial charge is 0.394 e. The zero-order chi connectivity index (χ0) is 19.1. The number of nitrogens with zero attached hydrogens (tertiary/aromatic N) is 1. The van der Waals surface area contributed by atoms with E-state index >= 15 is 0 Å². The van der Waals surface area contributed by atoms with Crippen molar-refractivity contribution in [2.75, 3.05) is 19.7 Å². The molecule has 0 spiro atoms. The van der Waals surface area contributed by atoms with Gasteiger partial charge in [0, 0.05) is 13.1 Å². The minimum atomic E-state index is -0.547. The highest BCUT2D eigenvalue weighted by atomic mass is 16.5. The molecule has 27 heavy (non-hydrogen) atoms. The van der Waals surface area contributed by atoms with Crippen molar-refractivity contribution < 1.29 is 19.4 Å². The third-order valence-corrected chi connectivity index (χ3v) is 5.08. The number of amides is 2. The lowest BCUT2D eigenvalue weighted by atomic mass is 10.0. The molecule has 3 rings (SSSR count). The second-order valence-electron chi connectivity index (χ2n) is 7.18. The first kappa shape index (κ1) is 19.6. The van der Waals surface area contributed by atoms with E-state index < -0.39 is 12.1 Å². The van der Waals surface area contributed by atoms with Crippen LogP contribution in [0.2, 0.25) is 0 Å². The summed E-state index contributed by atoms with van der Waals surface area (Å²) in [6, 6.07) is 9.11. The highest BCUT2D eigenvalue weighted by molar-refractivity contribution is 5.79. The van der Waals surface area contributed by atoms with Gasteiger partial charge in [-0.05, 0) is 24.8 Å². The summed E-state index contributed by atoms with van der Waals surface area (Å²) in [5.74, 6) is -0.0339. The fourth-order valence-corrected chi connectivity index (χ4v) is 3.60. The summed E-state index contributed by atoms with van der Waals surface area (Å²) >= 11 is 0. The van der Waals surface area contributed by atoms with Gasteiger partial charge in [-0.2, -0.15) is 0 Å². The number of ether oxygens (including phenoxy) is 1. The van der Waals surface area contributed by atoms with Gasteiger partial charge >= 0.3 is 0 Å². The summed E-state index contributed by atoms with van der Waals surface area (Å²) in [6.07, 6.45) is 6.60. The fourth-order valence-electron chi connectivity index (χ4n) is 3.60. The molecule has 0 radical (unpaired) electrons. The number of benzene rings is 1. The van der Waals surface area contributed by atoms with Gasteiger partial charge in [-0.1, -0.05) is 42.5 Å². The lowest BCUT2D eigenvalue weighted by Crippen LogP contribution is -2.49. The third kappa shape index (κ3) is 5.65. The highest BCUT2D eigenvalue weighted by Gasteiger charge is 2.30. The predicted molar refractivity (Wildman–Crippen MR) is 102 cm³/mol. The zero-order valence-corrected chi connectivity index (χ0v) is 15.5. The molecule has 2 amide bonds. The maximum absolute atomic E-state index is 12.4. The predicted octanol–water partition coefficient (Wildman–Crippen LogP) is 1.43. The van der Waals surface area contributed by atoms with Crippen LogP contribution < -0.4 is 5.32 Å². The van der Waals surface area contributed by atoms with E-state index in [1.807, 2.05) is 47.4 Å². The third-order valence-electron chi connectivity index (χ3n) is 5.08. The Morgan fingerprint density at radius 1 is 1.11 bits per heavy atom. The van der Waals surface area contributed by atoms with Crippen molar-refractivity contribution in [2.24, 2.45) is 0 Å². The van der Waals surface area contributed by atoms with Gasteiger partial charge in [-0.15, -0.1) is 0 Å². The van der Waals surface area contributed by atoms with E-state index in [4.69, 9.17) is 4.74 Å². The maximum Gasteiger partial charge on any atom is 0.225 e. The molecule has 146 valence electrons. The van der Waals surface area contributed by atoms with Gasteiger partial charge in [0.1, 0.15) is 6.10 Å². The van der Waals surface area contributed by atoms with Crippen LogP contribution in [0, 0.1) is 0 Å². The topological polar surface area (TPSA) is 78.9 Å². The number of hydrogen-bond acceptors (Lipinski definition) is 4. The SMILES string of the molecule is O=C(Cc1ccccc1)N[C@@H]1C=C[C@@H](CC(=O)N2CCCCC2)O[C@@H]1CO. The molecule has 1 fully saturated rings. The van der Waals surface area contributed by atoms with Crippen LogP contribution in [-0.2, 0) is 20.7 Å². The van der Waals surface area contributed by atoms with Crippen LogP contribution in [0.5, 0.6) is 0 Å². The Morgan fingerprint density at radius 3 is 2.56 bits per heavy atom. The molecule has 6 nitrogen and oxygen atoms in total. The average Bonchev–Trinajstić information content (AvgIpc) is 2.70. The molecule has 0 aromatic heterocycles. The molecule has 0 aliphatic carbocycles. The van der Waals surface area contributed by atoms with Crippen LogP contribution in [-0.4, -0.2) is 59.8 Å².